The van der Waals surface area contributed by atoms with Gasteiger partial charge in [-0.15, -0.1) is 0 Å². The van der Waals surface area contributed by atoms with E-state index >= 15 is 0 Å². The molecule has 4 heteroatoms. The predicted molar refractivity (Wildman–Crippen MR) is 82.3 cm³/mol. The maximum atomic E-state index is 13.4. The van der Waals surface area contributed by atoms with Crippen molar-refractivity contribution in [1.29, 1.82) is 0 Å². The fourth-order valence-electron chi connectivity index (χ4n) is 2.73. The van der Waals surface area contributed by atoms with Gasteiger partial charge in [-0.1, -0.05) is 48.5 Å². The van der Waals surface area contributed by atoms with E-state index in [2.05, 4.69) is 5.32 Å². The van der Waals surface area contributed by atoms with Gasteiger partial charge in [-0.3, -0.25) is 0 Å². The van der Waals surface area contributed by atoms with Crippen LogP contribution in [0.4, 0.5) is 13.2 Å². The van der Waals surface area contributed by atoms with Crippen molar-refractivity contribution < 1.29 is 13.2 Å². The van der Waals surface area contributed by atoms with Crippen molar-refractivity contribution >= 4 is 5.57 Å². The molecular formula is C18H16F3N. The highest BCUT2D eigenvalue weighted by Crippen LogP contribution is 2.39. The average molecular weight is 303 g/mol. The minimum absolute atomic E-state index is 0.228. The molecule has 0 radical (unpaired) electrons. The normalized spacial score (nSPS) is 15.5. The first-order valence-corrected chi connectivity index (χ1v) is 7.22. The monoisotopic (exact) mass is 303 g/mol. The molecule has 22 heavy (non-hydrogen) atoms. The molecule has 0 atom stereocenters. The van der Waals surface area contributed by atoms with E-state index in [1.165, 1.54) is 6.07 Å². The lowest BCUT2D eigenvalue weighted by Gasteiger charge is -2.18. The fraction of sp³-hybridized carbons (Fsp3) is 0.222. The Hall–Kier alpha value is -2.07. The fourth-order valence-corrected chi connectivity index (χ4v) is 2.73. The number of nitrogens with one attached hydrogen (secondary N) is 1. The summed E-state index contributed by atoms with van der Waals surface area (Å²) in [6.07, 6.45) is -1.65. The number of alkyl halides is 3. The van der Waals surface area contributed by atoms with E-state index < -0.39 is 11.7 Å². The van der Waals surface area contributed by atoms with Gasteiger partial charge >= 0.3 is 6.18 Å². The van der Waals surface area contributed by atoms with Gasteiger partial charge in [0.1, 0.15) is 0 Å². The lowest BCUT2D eigenvalue weighted by Crippen LogP contribution is -2.20. The van der Waals surface area contributed by atoms with Crippen LogP contribution in [0.1, 0.15) is 17.5 Å². The average Bonchev–Trinajstić information content (AvgIpc) is 2.55. The summed E-state index contributed by atoms with van der Waals surface area (Å²) in [6.45, 7) is 1.50. The van der Waals surface area contributed by atoms with Crippen LogP contribution in [0.5, 0.6) is 0 Å². The van der Waals surface area contributed by atoms with Crippen LogP contribution >= 0.6 is 0 Å². The smallest absolute Gasteiger partial charge is 0.313 e. The first-order chi connectivity index (χ1) is 10.6. The van der Waals surface area contributed by atoms with Gasteiger partial charge in [0.05, 0.1) is 5.56 Å². The Kier molecular flexibility index (Phi) is 4.03. The molecule has 114 valence electrons. The van der Waals surface area contributed by atoms with E-state index in [1.54, 1.807) is 42.5 Å². The summed E-state index contributed by atoms with van der Waals surface area (Å²) in [4.78, 5) is 0. The SMILES string of the molecule is FC(F)(F)c1cc(C2=CCNCC2)ccc1-c1ccccc1. The minimum atomic E-state index is -4.37. The van der Waals surface area contributed by atoms with E-state index in [0.29, 0.717) is 17.7 Å². The molecule has 2 aromatic rings. The van der Waals surface area contributed by atoms with Crippen molar-refractivity contribution in [2.45, 2.75) is 12.6 Å². The molecule has 0 aliphatic carbocycles. The lowest BCUT2D eigenvalue weighted by molar-refractivity contribution is -0.137. The van der Waals surface area contributed by atoms with Gasteiger partial charge in [0, 0.05) is 6.54 Å². The largest absolute Gasteiger partial charge is 0.417 e. The molecule has 1 aliphatic heterocycles. The summed E-state index contributed by atoms with van der Waals surface area (Å²) in [5, 5.41) is 3.17. The molecule has 0 spiro atoms. The molecule has 2 aromatic carbocycles. The third kappa shape index (κ3) is 3.07. The van der Waals surface area contributed by atoms with Crippen molar-refractivity contribution in [3.8, 4) is 11.1 Å². The standard InChI is InChI=1S/C18H16F3N/c19-18(20,21)17-12-15(13-8-10-22-11-9-13)6-7-16(17)14-4-2-1-3-5-14/h1-8,12,22H,9-11H2. The quantitative estimate of drug-likeness (QED) is 0.844. The van der Waals surface area contributed by atoms with Gasteiger partial charge in [-0.25, -0.2) is 0 Å². The number of hydrogen-bond donors (Lipinski definition) is 1. The zero-order valence-electron chi connectivity index (χ0n) is 12.0. The molecule has 3 rings (SSSR count). The van der Waals surface area contributed by atoms with Crippen LogP contribution in [0.25, 0.3) is 16.7 Å². The number of benzene rings is 2. The summed E-state index contributed by atoms with van der Waals surface area (Å²) >= 11 is 0. The molecule has 1 N–H and O–H groups in total. The van der Waals surface area contributed by atoms with Crippen molar-refractivity contribution in [1.82, 2.24) is 5.32 Å². The van der Waals surface area contributed by atoms with Crippen molar-refractivity contribution in [3.05, 3.63) is 65.7 Å². The molecular weight excluding hydrogens is 287 g/mol. The van der Waals surface area contributed by atoms with Crippen LogP contribution < -0.4 is 5.32 Å². The highest BCUT2D eigenvalue weighted by Gasteiger charge is 2.34. The topological polar surface area (TPSA) is 12.0 Å². The second-order valence-corrected chi connectivity index (χ2v) is 5.31. The second kappa shape index (κ2) is 5.97. The number of rotatable bonds is 2. The van der Waals surface area contributed by atoms with E-state index in [9.17, 15) is 13.2 Å². The highest BCUT2D eigenvalue weighted by atomic mass is 19.4. The van der Waals surface area contributed by atoms with E-state index in [4.69, 9.17) is 0 Å². The van der Waals surface area contributed by atoms with Crippen molar-refractivity contribution in [3.63, 3.8) is 0 Å². The Morgan fingerprint density at radius 2 is 1.68 bits per heavy atom. The van der Waals surface area contributed by atoms with Crippen molar-refractivity contribution in [2.24, 2.45) is 0 Å². The zero-order chi connectivity index (χ0) is 15.6. The van der Waals surface area contributed by atoms with Gasteiger partial charge in [0.2, 0.25) is 0 Å². The van der Waals surface area contributed by atoms with E-state index in [0.717, 1.165) is 18.5 Å². The van der Waals surface area contributed by atoms with Crippen molar-refractivity contribution in [2.75, 3.05) is 13.1 Å². The molecule has 0 bridgehead atoms. The molecule has 1 heterocycles. The molecule has 0 aromatic heterocycles. The molecule has 0 saturated heterocycles. The van der Waals surface area contributed by atoms with Gasteiger partial charge in [0.25, 0.3) is 0 Å². The molecule has 0 unspecified atom stereocenters. The Balaban J connectivity index is 2.10. The number of halogens is 3. The van der Waals surface area contributed by atoms with Gasteiger partial charge < -0.3 is 5.32 Å². The molecule has 0 fully saturated rings. The first-order valence-electron chi connectivity index (χ1n) is 7.22. The van der Waals surface area contributed by atoms with Crippen LogP contribution in [0.15, 0.2) is 54.6 Å². The van der Waals surface area contributed by atoms with Gasteiger partial charge in [0.15, 0.2) is 0 Å². The predicted octanol–water partition coefficient (Wildman–Crippen LogP) is 4.75. The molecule has 0 amide bonds. The zero-order valence-corrected chi connectivity index (χ0v) is 12.0. The van der Waals surface area contributed by atoms with Crippen LogP contribution in [0, 0.1) is 0 Å². The van der Waals surface area contributed by atoms with Crippen LogP contribution in [-0.2, 0) is 6.18 Å². The summed E-state index contributed by atoms with van der Waals surface area (Å²) in [6, 6.07) is 13.3. The highest BCUT2D eigenvalue weighted by molar-refractivity contribution is 5.74. The first kappa shape index (κ1) is 14.9. The van der Waals surface area contributed by atoms with Gasteiger partial charge in [-0.2, -0.15) is 13.2 Å². The third-order valence-corrected chi connectivity index (χ3v) is 3.84. The van der Waals surface area contributed by atoms with Gasteiger partial charge in [-0.05, 0) is 41.3 Å². The summed E-state index contributed by atoms with van der Waals surface area (Å²) < 4.78 is 40.3. The Morgan fingerprint density at radius 1 is 0.909 bits per heavy atom. The van der Waals surface area contributed by atoms with E-state index in [-0.39, 0.29) is 5.56 Å². The summed E-state index contributed by atoms with van der Waals surface area (Å²) in [5.74, 6) is 0. The van der Waals surface area contributed by atoms with Crippen LogP contribution in [0.3, 0.4) is 0 Å². The van der Waals surface area contributed by atoms with Crippen LogP contribution in [-0.4, -0.2) is 13.1 Å². The molecule has 0 saturated carbocycles. The summed E-state index contributed by atoms with van der Waals surface area (Å²) in [5.41, 5.74) is 1.88. The third-order valence-electron chi connectivity index (χ3n) is 3.84. The Bertz CT molecular complexity index is 687. The molecule has 1 aliphatic rings. The van der Waals surface area contributed by atoms with Crippen LogP contribution in [0.2, 0.25) is 0 Å². The maximum Gasteiger partial charge on any atom is 0.417 e. The summed E-state index contributed by atoms with van der Waals surface area (Å²) in [7, 11) is 0. The van der Waals surface area contributed by atoms with E-state index in [1.807, 2.05) is 6.08 Å². The minimum Gasteiger partial charge on any atom is -0.313 e. The molecule has 1 nitrogen and oxygen atoms in total. The Morgan fingerprint density at radius 3 is 2.32 bits per heavy atom. The maximum absolute atomic E-state index is 13.4. The Labute approximate surface area is 127 Å². The number of hydrogen-bond acceptors (Lipinski definition) is 1. The lowest BCUT2D eigenvalue weighted by atomic mass is 9.93. The second-order valence-electron chi connectivity index (χ2n) is 5.31.